The average molecular weight is 280 g/mol. The number of carbonyl (C=O) groups is 1. The van der Waals surface area contributed by atoms with Gasteiger partial charge in [0, 0.05) is 20.0 Å². The Kier molecular flexibility index (Phi) is 7.06. The summed E-state index contributed by atoms with van der Waals surface area (Å²) in [6.45, 7) is 2.72. The van der Waals surface area contributed by atoms with E-state index in [1.54, 1.807) is 13.0 Å². The molecule has 0 unspecified atom stereocenters. The first kappa shape index (κ1) is 17.4. The molecule has 3 nitrogen and oxygen atoms in total. The van der Waals surface area contributed by atoms with Gasteiger partial charge in [0.15, 0.2) is 0 Å². The van der Waals surface area contributed by atoms with Gasteiger partial charge in [-0.05, 0) is 24.6 Å². The summed E-state index contributed by atoms with van der Waals surface area (Å²) in [5, 5.41) is 2.53. The Morgan fingerprint density at radius 1 is 1.37 bits per heavy atom. The second kappa shape index (κ2) is 7.73. The van der Waals surface area contributed by atoms with Gasteiger partial charge in [0.05, 0.1) is 5.56 Å². The third-order valence-electron chi connectivity index (χ3n) is 1.85. The highest BCUT2D eigenvalue weighted by atomic mass is 19.4. The molecular weight excluding hydrogens is 264 g/mol. The maximum Gasteiger partial charge on any atom is 0.386 e. The monoisotopic (exact) mass is 280 g/mol. The van der Waals surface area contributed by atoms with Gasteiger partial charge in [-0.15, -0.1) is 0 Å². The summed E-state index contributed by atoms with van der Waals surface area (Å²) in [6, 6.07) is 4.38. The molecule has 0 heterocycles. The van der Waals surface area contributed by atoms with E-state index >= 15 is 0 Å². The van der Waals surface area contributed by atoms with Gasteiger partial charge in [-0.2, -0.15) is 13.2 Å². The van der Waals surface area contributed by atoms with E-state index in [0.717, 1.165) is 0 Å². The number of nitrogens with one attached hydrogen (secondary N) is 1. The number of hydrogen-bond acceptors (Lipinski definition) is 2. The zero-order valence-electron chi connectivity index (χ0n) is 10.6. The van der Waals surface area contributed by atoms with Gasteiger partial charge in [-0.25, -0.2) is 4.39 Å². The van der Waals surface area contributed by atoms with Crippen LogP contribution in [0.25, 0.3) is 0 Å². The summed E-state index contributed by atoms with van der Waals surface area (Å²) in [5.74, 6) is -0.924. The first-order valence-corrected chi connectivity index (χ1v) is 5.52. The number of alkyl halides is 3. The Hall–Kier alpha value is -1.63. The number of carbonyl (C=O) groups excluding carboxylic acids is 1. The van der Waals surface area contributed by atoms with E-state index in [1.165, 1.54) is 12.1 Å². The number of halogens is 4. The minimum absolute atomic E-state index is 0.0593. The molecule has 3 N–H and O–H groups in total. The number of nitrogens with two attached hydrogens (primary N) is 1. The summed E-state index contributed by atoms with van der Waals surface area (Å²) in [6.07, 6.45) is -4.00. The molecule has 0 aliphatic carbocycles. The van der Waals surface area contributed by atoms with Gasteiger partial charge in [0.25, 0.3) is 5.91 Å². The second-order valence-electron chi connectivity index (χ2n) is 3.66. The van der Waals surface area contributed by atoms with Crippen molar-refractivity contribution in [2.45, 2.75) is 26.6 Å². The lowest BCUT2D eigenvalue weighted by Crippen LogP contribution is -2.23. The highest BCUT2D eigenvalue weighted by Crippen LogP contribution is 2.10. The Morgan fingerprint density at radius 2 is 1.89 bits per heavy atom. The summed E-state index contributed by atoms with van der Waals surface area (Å²) >= 11 is 0. The average Bonchev–Trinajstić information content (AvgIpc) is 2.26. The van der Waals surface area contributed by atoms with Crippen molar-refractivity contribution in [3.05, 3.63) is 35.1 Å². The van der Waals surface area contributed by atoms with E-state index in [0.29, 0.717) is 12.1 Å². The molecule has 0 saturated heterocycles. The largest absolute Gasteiger partial charge is 0.386 e. The van der Waals surface area contributed by atoms with Crippen LogP contribution in [0.15, 0.2) is 18.2 Å². The Bertz CT molecular complexity index is 413. The van der Waals surface area contributed by atoms with Gasteiger partial charge in [0.2, 0.25) is 0 Å². The molecule has 0 aliphatic rings. The lowest BCUT2D eigenvalue weighted by atomic mass is 10.1. The summed E-state index contributed by atoms with van der Waals surface area (Å²) in [5.41, 5.74) is 6.07. The Balaban J connectivity index is 0.000000555. The fourth-order valence-electron chi connectivity index (χ4n) is 1.13. The third kappa shape index (κ3) is 8.15. The normalized spacial score (nSPS) is 10.5. The zero-order chi connectivity index (χ0) is 15.1. The van der Waals surface area contributed by atoms with E-state index in [1.807, 2.05) is 0 Å². The molecule has 0 fully saturated rings. The van der Waals surface area contributed by atoms with Crippen LogP contribution in [0.3, 0.4) is 0 Å². The van der Waals surface area contributed by atoms with Crippen molar-refractivity contribution >= 4 is 5.91 Å². The molecule has 0 saturated carbocycles. The number of rotatable bonds is 3. The SMILES string of the molecule is CC(F)(F)F.CCNC(=O)c1ccc(CN)cc1F. The summed E-state index contributed by atoms with van der Waals surface area (Å²) < 4.78 is 44.4. The summed E-state index contributed by atoms with van der Waals surface area (Å²) in [7, 11) is 0. The Labute approximate surface area is 108 Å². The van der Waals surface area contributed by atoms with Crippen LogP contribution < -0.4 is 11.1 Å². The molecule has 1 rings (SSSR count). The van der Waals surface area contributed by atoms with Crippen LogP contribution in [0, 0.1) is 5.82 Å². The minimum Gasteiger partial charge on any atom is -0.352 e. The van der Waals surface area contributed by atoms with Crippen LogP contribution >= 0.6 is 0 Å². The molecule has 1 amide bonds. The quantitative estimate of drug-likeness (QED) is 0.836. The molecule has 0 aliphatic heterocycles. The van der Waals surface area contributed by atoms with Gasteiger partial charge in [-0.1, -0.05) is 6.07 Å². The summed E-state index contributed by atoms with van der Waals surface area (Å²) in [4.78, 5) is 11.3. The smallest absolute Gasteiger partial charge is 0.352 e. The van der Waals surface area contributed by atoms with Crippen LogP contribution in [0.1, 0.15) is 29.8 Å². The van der Waals surface area contributed by atoms with Crippen molar-refractivity contribution in [2.75, 3.05) is 6.54 Å². The molecule has 1 aromatic carbocycles. The van der Waals surface area contributed by atoms with Gasteiger partial charge < -0.3 is 11.1 Å². The minimum atomic E-state index is -4.00. The van der Waals surface area contributed by atoms with Gasteiger partial charge in [-0.3, -0.25) is 4.79 Å². The van der Waals surface area contributed by atoms with Gasteiger partial charge in [0.1, 0.15) is 5.82 Å². The molecule has 0 atom stereocenters. The predicted molar refractivity (Wildman–Crippen MR) is 64.0 cm³/mol. The van der Waals surface area contributed by atoms with Crippen LogP contribution in [0.5, 0.6) is 0 Å². The van der Waals surface area contributed by atoms with Crippen molar-refractivity contribution in [3.8, 4) is 0 Å². The first-order valence-electron chi connectivity index (χ1n) is 5.52. The van der Waals surface area contributed by atoms with E-state index in [4.69, 9.17) is 5.73 Å². The van der Waals surface area contributed by atoms with Crippen molar-refractivity contribution in [3.63, 3.8) is 0 Å². The van der Waals surface area contributed by atoms with E-state index in [-0.39, 0.29) is 19.0 Å². The molecule has 0 radical (unpaired) electrons. The third-order valence-corrected chi connectivity index (χ3v) is 1.85. The molecule has 0 spiro atoms. The highest BCUT2D eigenvalue weighted by molar-refractivity contribution is 5.94. The molecule has 7 heteroatoms. The van der Waals surface area contributed by atoms with Crippen LogP contribution in [0.2, 0.25) is 0 Å². The zero-order valence-corrected chi connectivity index (χ0v) is 10.6. The van der Waals surface area contributed by atoms with Gasteiger partial charge >= 0.3 is 6.18 Å². The molecule has 0 aromatic heterocycles. The highest BCUT2D eigenvalue weighted by Gasteiger charge is 2.15. The molecule has 1 aromatic rings. The van der Waals surface area contributed by atoms with Crippen LogP contribution in [-0.4, -0.2) is 18.6 Å². The maximum atomic E-state index is 13.3. The topological polar surface area (TPSA) is 55.1 Å². The van der Waals surface area contributed by atoms with Crippen molar-refractivity contribution in [1.82, 2.24) is 5.32 Å². The van der Waals surface area contributed by atoms with E-state index < -0.39 is 17.9 Å². The molecule has 108 valence electrons. The second-order valence-corrected chi connectivity index (χ2v) is 3.66. The number of amides is 1. The predicted octanol–water partition coefficient (Wildman–Crippen LogP) is 2.60. The molecule has 19 heavy (non-hydrogen) atoms. The van der Waals surface area contributed by atoms with E-state index in [9.17, 15) is 22.4 Å². The Morgan fingerprint density at radius 3 is 2.26 bits per heavy atom. The first-order chi connectivity index (χ1) is 8.69. The molecule has 0 bridgehead atoms. The number of benzene rings is 1. The van der Waals surface area contributed by atoms with Crippen molar-refractivity contribution in [2.24, 2.45) is 5.73 Å². The van der Waals surface area contributed by atoms with Crippen molar-refractivity contribution < 1.29 is 22.4 Å². The molecular formula is C12H16F4N2O. The lowest BCUT2D eigenvalue weighted by Gasteiger charge is -2.04. The fraction of sp³-hybridized carbons (Fsp3) is 0.417. The standard InChI is InChI=1S/C10H13FN2O.C2H3F3/c1-2-13-10(14)8-4-3-7(6-12)5-9(8)11;1-2(3,4)5/h3-5H,2,6,12H2,1H3,(H,13,14);1H3. The van der Waals surface area contributed by atoms with Crippen LogP contribution in [0.4, 0.5) is 17.6 Å². The fourth-order valence-corrected chi connectivity index (χ4v) is 1.13. The lowest BCUT2D eigenvalue weighted by molar-refractivity contribution is -0.110. The van der Waals surface area contributed by atoms with E-state index in [2.05, 4.69) is 5.32 Å². The number of hydrogen-bond donors (Lipinski definition) is 2. The van der Waals surface area contributed by atoms with Crippen molar-refractivity contribution in [1.29, 1.82) is 0 Å². The maximum absolute atomic E-state index is 13.3. The van der Waals surface area contributed by atoms with Crippen LogP contribution in [-0.2, 0) is 6.54 Å².